The van der Waals surface area contributed by atoms with Gasteiger partial charge >= 0.3 is 6.18 Å². The highest BCUT2D eigenvalue weighted by Crippen LogP contribution is 2.37. The third-order valence-corrected chi connectivity index (χ3v) is 7.31. The fraction of sp³-hybridized carbons (Fsp3) is 0.333. The molecule has 0 saturated heterocycles. The number of alkyl halides is 3. The van der Waals surface area contributed by atoms with Gasteiger partial charge in [-0.1, -0.05) is 6.42 Å². The first-order valence-electron chi connectivity index (χ1n) is 10.8. The van der Waals surface area contributed by atoms with Crippen LogP contribution in [0.1, 0.15) is 40.2 Å². The molecule has 1 atom stereocenters. The molecule has 0 unspecified atom stereocenters. The molecule has 1 aliphatic carbocycles. The number of halogens is 3. The van der Waals surface area contributed by atoms with Crippen molar-refractivity contribution in [1.82, 2.24) is 14.9 Å². The van der Waals surface area contributed by atoms with Gasteiger partial charge in [0.1, 0.15) is 10.3 Å². The molecule has 1 fully saturated rings. The fourth-order valence-corrected chi connectivity index (χ4v) is 5.34. The number of carbonyl (C=O) groups is 1. The second kappa shape index (κ2) is 8.14. The van der Waals surface area contributed by atoms with Crippen molar-refractivity contribution in [1.29, 1.82) is 0 Å². The van der Waals surface area contributed by atoms with E-state index in [1.54, 1.807) is 18.2 Å². The smallest absolute Gasteiger partial charge is 0.394 e. The summed E-state index contributed by atoms with van der Waals surface area (Å²) in [5.41, 5.74) is 1.81. The van der Waals surface area contributed by atoms with Crippen molar-refractivity contribution >= 4 is 38.5 Å². The Morgan fingerprint density at radius 3 is 2.58 bits per heavy atom. The lowest BCUT2D eigenvalue weighted by Gasteiger charge is -2.33. The Morgan fingerprint density at radius 2 is 1.97 bits per heavy atom. The number of hydrogen-bond donors (Lipinski definition) is 2. The zero-order valence-corrected chi connectivity index (χ0v) is 18.6. The first-order valence-corrected chi connectivity index (χ1v) is 11.6. The van der Waals surface area contributed by atoms with Crippen LogP contribution in [0.25, 0.3) is 26.9 Å². The number of hydrogen-bond acceptors (Lipinski definition) is 4. The summed E-state index contributed by atoms with van der Waals surface area (Å²) < 4.78 is 40.9. The van der Waals surface area contributed by atoms with E-state index in [4.69, 9.17) is 0 Å². The SMILES string of the molecule is Cc1nc2c3cc(C(=O)N[C@@H](CO)C4CCC4)ccc3n(-c3ccc(C(F)(F)F)cc3)c2s1. The van der Waals surface area contributed by atoms with E-state index in [0.29, 0.717) is 22.7 Å². The number of rotatable bonds is 5. The Bertz CT molecular complexity index is 1340. The van der Waals surface area contributed by atoms with Gasteiger partial charge in [0, 0.05) is 16.6 Å². The minimum atomic E-state index is -4.40. The van der Waals surface area contributed by atoms with Crippen LogP contribution < -0.4 is 5.32 Å². The standard InChI is InChI=1S/C24H22F3N3O2S/c1-13-28-21-18-11-15(22(32)29-19(12-31)14-3-2-4-14)5-10-20(18)30(23(21)33-13)17-8-6-16(7-9-17)24(25,26)27/h5-11,14,19,31H,2-4,12H2,1H3,(H,29,32)/t19-/m0/s1. The molecule has 0 bridgehead atoms. The lowest BCUT2D eigenvalue weighted by Crippen LogP contribution is -2.45. The number of thiazole rings is 1. The van der Waals surface area contributed by atoms with Crippen LogP contribution in [-0.2, 0) is 6.18 Å². The zero-order valence-electron chi connectivity index (χ0n) is 17.8. The number of aliphatic hydroxyl groups is 1. The number of aryl methyl sites for hydroxylation is 1. The molecule has 5 nitrogen and oxygen atoms in total. The molecule has 5 rings (SSSR count). The summed E-state index contributed by atoms with van der Waals surface area (Å²) in [6.07, 6.45) is -1.29. The normalized spacial score (nSPS) is 15.7. The summed E-state index contributed by atoms with van der Waals surface area (Å²) in [6.45, 7) is 1.77. The summed E-state index contributed by atoms with van der Waals surface area (Å²) in [4.78, 5) is 18.3. The average Bonchev–Trinajstić information content (AvgIpc) is 3.25. The van der Waals surface area contributed by atoms with Crippen molar-refractivity contribution in [3.05, 3.63) is 58.6 Å². The van der Waals surface area contributed by atoms with E-state index in [1.165, 1.54) is 23.5 Å². The molecule has 172 valence electrons. The molecule has 1 amide bonds. The second-order valence-electron chi connectivity index (χ2n) is 8.45. The number of aliphatic hydroxyl groups excluding tert-OH is 1. The van der Waals surface area contributed by atoms with Gasteiger partial charge in [-0.15, -0.1) is 11.3 Å². The molecule has 0 spiro atoms. The van der Waals surface area contributed by atoms with Gasteiger partial charge in [-0.05, 0) is 68.1 Å². The van der Waals surface area contributed by atoms with Gasteiger partial charge in [-0.25, -0.2) is 4.98 Å². The Labute approximate surface area is 191 Å². The van der Waals surface area contributed by atoms with Crippen LogP contribution in [0.3, 0.4) is 0 Å². The van der Waals surface area contributed by atoms with Gasteiger partial charge in [0.15, 0.2) is 0 Å². The second-order valence-corrected chi connectivity index (χ2v) is 9.63. The highest BCUT2D eigenvalue weighted by Gasteiger charge is 2.31. The number of fused-ring (bicyclic) bond motifs is 3. The minimum absolute atomic E-state index is 0.0987. The third kappa shape index (κ3) is 3.89. The van der Waals surface area contributed by atoms with E-state index < -0.39 is 11.7 Å². The topological polar surface area (TPSA) is 67.2 Å². The highest BCUT2D eigenvalue weighted by atomic mass is 32.1. The fourth-order valence-electron chi connectivity index (χ4n) is 4.38. The van der Waals surface area contributed by atoms with Gasteiger partial charge in [0.2, 0.25) is 0 Å². The number of amides is 1. The van der Waals surface area contributed by atoms with Crippen molar-refractivity contribution in [2.24, 2.45) is 5.92 Å². The highest BCUT2D eigenvalue weighted by molar-refractivity contribution is 7.18. The minimum Gasteiger partial charge on any atom is -0.394 e. The summed E-state index contributed by atoms with van der Waals surface area (Å²) in [5, 5.41) is 14.2. The Hall–Kier alpha value is -2.91. The van der Waals surface area contributed by atoms with Crippen LogP contribution >= 0.6 is 11.3 Å². The van der Waals surface area contributed by atoms with E-state index in [-0.39, 0.29) is 18.6 Å². The zero-order chi connectivity index (χ0) is 23.3. The Balaban J connectivity index is 1.56. The van der Waals surface area contributed by atoms with Crippen molar-refractivity contribution in [3.8, 4) is 5.69 Å². The lowest BCUT2D eigenvalue weighted by molar-refractivity contribution is -0.137. The van der Waals surface area contributed by atoms with Gasteiger partial charge in [0.25, 0.3) is 5.91 Å². The maximum absolute atomic E-state index is 13.0. The molecule has 2 aromatic carbocycles. The van der Waals surface area contributed by atoms with Crippen LogP contribution in [0.15, 0.2) is 42.5 Å². The van der Waals surface area contributed by atoms with E-state index in [2.05, 4.69) is 10.3 Å². The quantitative estimate of drug-likeness (QED) is 0.405. The van der Waals surface area contributed by atoms with Crippen LogP contribution in [0, 0.1) is 12.8 Å². The van der Waals surface area contributed by atoms with Gasteiger partial charge in [-0.2, -0.15) is 13.2 Å². The van der Waals surface area contributed by atoms with Gasteiger partial charge in [-0.3, -0.25) is 9.36 Å². The average molecular weight is 474 g/mol. The van der Waals surface area contributed by atoms with Crippen molar-refractivity contribution < 1.29 is 23.1 Å². The third-order valence-electron chi connectivity index (χ3n) is 6.36. The molecule has 33 heavy (non-hydrogen) atoms. The van der Waals surface area contributed by atoms with Crippen LogP contribution in [0.5, 0.6) is 0 Å². The van der Waals surface area contributed by atoms with E-state index in [1.807, 2.05) is 11.5 Å². The number of carbonyl (C=O) groups excluding carboxylic acids is 1. The van der Waals surface area contributed by atoms with Crippen molar-refractivity contribution in [2.75, 3.05) is 6.61 Å². The van der Waals surface area contributed by atoms with E-state index in [9.17, 15) is 23.1 Å². The molecule has 2 heterocycles. The maximum Gasteiger partial charge on any atom is 0.416 e. The van der Waals surface area contributed by atoms with Crippen LogP contribution in [0.2, 0.25) is 0 Å². The molecule has 9 heteroatoms. The van der Waals surface area contributed by atoms with Gasteiger partial charge in [0.05, 0.1) is 28.7 Å². The molecule has 1 saturated carbocycles. The molecule has 4 aromatic rings. The maximum atomic E-state index is 13.0. The van der Waals surface area contributed by atoms with Crippen molar-refractivity contribution in [3.63, 3.8) is 0 Å². The molecule has 0 radical (unpaired) electrons. The Kier molecular flexibility index (Phi) is 5.41. The molecule has 2 aromatic heterocycles. The molecular weight excluding hydrogens is 451 g/mol. The lowest BCUT2D eigenvalue weighted by atomic mass is 9.80. The predicted molar refractivity (Wildman–Crippen MR) is 122 cm³/mol. The van der Waals surface area contributed by atoms with Crippen LogP contribution in [-0.4, -0.2) is 33.2 Å². The van der Waals surface area contributed by atoms with E-state index >= 15 is 0 Å². The van der Waals surface area contributed by atoms with Gasteiger partial charge < -0.3 is 10.4 Å². The molecule has 0 aliphatic heterocycles. The number of nitrogens with zero attached hydrogens (tertiary/aromatic N) is 2. The van der Waals surface area contributed by atoms with Crippen molar-refractivity contribution in [2.45, 2.75) is 38.4 Å². The first-order chi connectivity index (χ1) is 15.8. The largest absolute Gasteiger partial charge is 0.416 e. The summed E-state index contributed by atoms with van der Waals surface area (Å²) in [7, 11) is 0. The summed E-state index contributed by atoms with van der Waals surface area (Å²) in [6, 6.07) is 10.0. The number of nitrogens with one attached hydrogen (secondary N) is 1. The molecular formula is C24H22F3N3O2S. The number of benzene rings is 2. The monoisotopic (exact) mass is 473 g/mol. The molecule has 1 aliphatic rings. The summed E-state index contributed by atoms with van der Waals surface area (Å²) in [5.74, 6) is 0.0431. The predicted octanol–water partition coefficient (Wildman–Crippen LogP) is 5.46. The first kappa shape index (κ1) is 21.9. The summed E-state index contributed by atoms with van der Waals surface area (Å²) >= 11 is 1.45. The molecule has 2 N–H and O–H groups in total. The Morgan fingerprint density at radius 1 is 1.24 bits per heavy atom. The number of aromatic nitrogens is 2. The van der Waals surface area contributed by atoms with E-state index in [0.717, 1.165) is 52.1 Å². The van der Waals surface area contributed by atoms with Crippen LogP contribution in [0.4, 0.5) is 13.2 Å².